The molecule has 1 amide bonds. The highest BCUT2D eigenvalue weighted by atomic mass is 19.4. The van der Waals surface area contributed by atoms with Crippen molar-refractivity contribution in [2.75, 3.05) is 0 Å². The summed E-state index contributed by atoms with van der Waals surface area (Å²) in [6, 6.07) is 4.58. The van der Waals surface area contributed by atoms with Gasteiger partial charge in [-0.2, -0.15) is 13.2 Å². The molecule has 20 heavy (non-hydrogen) atoms. The average molecular weight is 287 g/mol. The zero-order valence-corrected chi connectivity index (χ0v) is 10.8. The van der Waals surface area contributed by atoms with Crippen LogP contribution in [0.2, 0.25) is 0 Å². The van der Waals surface area contributed by atoms with E-state index in [2.05, 4.69) is 5.32 Å². The van der Waals surface area contributed by atoms with Crippen LogP contribution < -0.4 is 5.32 Å². The van der Waals surface area contributed by atoms with Crippen LogP contribution in [0.5, 0.6) is 0 Å². The molecule has 0 spiro atoms. The summed E-state index contributed by atoms with van der Waals surface area (Å²) in [5.74, 6) is -0.709. The molecular formula is C14H16F3NO2. The first kappa shape index (κ1) is 14.8. The van der Waals surface area contributed by atoms with Gasteiger partial charge in [0.05, 0.1) is 17.2 Å². The molecule has 0 heterocycles. The Balaban J connectivity index is 2.10. The van der Waals surface area contributed by atoms with E-state index in [0.717, 1.165) is 6.07 Å². The van der Waals surface area contributed by atoms with Gasteiger partial charge in [-0.25, -0.2) is 0 Å². The second-order valence-electron chi connectivity index (χ2n) is 5.02. The summed E-state index contributed by atoms with van der Waals surface area (Å²) < 4.78 is 38.5. The van der Waals surface area contributed by atoms with Crippen molar-refractivity contribution in [1.29, 1.82) is 0 Å². The van der Waals surface area contributed by atoms with E-state index in [1.54, 1.807) is 0 Å². The first-order chi connectivity index (χ1) is 9.38. The molecule has 0 saturated heterocycles. The SMILES string of the molecule is O=C(NC1CCC(O)CC1)c1ccccc1C(F)(F)F. The topological polar surface area (TPSA) is 49.3 Å². The van der Waals surface area contributed by atoms with Crippen LogP contribution in [-0.2, 0) is 6.18 Å². The first-order valence-corrected chi connectivity index (χ1v) is 6.53. The average Bonchev–Trinajstić information content (AvgIpc) is 2.40. The third-order valence-electron chi connectivity index (χ3n) is 3.51. The Morgan fingerprint density at radius 3 is 2.35 bits per heavy atom. The van der Waals surface area contributed by atoms with Crippen molar-refractivity contribution in [2.24, 2.45) is 0 Å². The van der Waals surface area contributed by atoms with Crippen LogP contribution in [-0.4, -0.2) is 23.2 Å². The van der Waals surface area contributed by atoms with Crippen LogP contribution >= 0.6 is 0 Å². The minimum Gasteiger partial charge on any atom is -0.393 e. The lowest BCUT2D eigenvalue weighted by Gasteiger charge is -2.26. The van der Waals surface area contributed by atoms with Gasteiger partial charge in [0.25, 0.3) is 5.91 Å². The summed E-state index contributed by atoms with van der Waals surface area (Å²) in [4.78, 5) is 12.0. The van der Waals surface area contributed by atoms with E-state index >= 15 is 0 Å². The van der Waals surface area contributed by atoms with Gasteiger partial charge in [0, 0.05) is 6.04 Å². The number of benzene rings is 1. The molecule has 0 aliphatic heterocycles. The molecule has 2 rings (SSSR count). The Hall–Kier alpha value is -1.56. The van der Waals surface area contributed by atoms with Crippen LogP contribution in [0, 0.1) is 0 Å². The van der Waals surface area contributed by atoms with E-state index < -0.39 is 17.6 Å². The number of halogens is 3. The third-order valence-corrected chi connectivity index (χ3v) is 3.51. The first-order valence-electron chi connectivity index (χ1n) is 6.53. The Morgan fingerprint density at radius 2 is 1.75 bits per heavy atom. The maximum atomic E-state index is 12.8. The molecule has 0 radical (unpaired) electrons. The number of amides is 1. The summed E-state index contributed by atoms with van der Waals surface area (Å²) in [7, 11) is 0. The van der Waals surface area contributed by atoms with Crippen LogP contribution in [0.15, 0.2) is 24.3 Å². The lowest BCUT2D eigenvalue weighted by Crippen LogP contribution is -2.39. The molecule has 0 bridgehead atoms. The summed E-state index contributed by atoms with van der Waals surface area (Å²) >= 11 is 0. The van der Waals surface area contributed by atoms with Gasteiger partial charge < -0.3 is 10.4 Å². The van der Waals surface area contributed by atoms with E-state index in [-0.39, 0.29) is 17.7 Å². The number of aliphatic hydroxyl groups is 1. The molecule has 1 aliphatic rings. The van der Waals surface area contributed by atoms with Gasteiger partial charge in [0.2, 0.25) is 0 Å². The van der Waals surface area contributed by atoms with Gasteiger partial charge in [-0.1, -0.05) is 12.1 Å². The Morgan fingerprint density at radius 1 is 1.15 bits per heavy atom. The van der Waals surface area contributed by atoms with Gasteiger partial charge in [0.15, 0.2) is 0 Å². The van der Waals surface area contributed by atoms with Crippen LogP contribution in [0.1, 0.15) is 41.6 Å². The Bertz CT molecular complexity index is 480. The lowest BCUT2D eigenvalue weighted by atomic mass is 9.93. The highest BCUT2D eigenvalue weighted by molar-refractivity contribution is 5.96. The molecule has 1 saturated carbocycles. The number of rotatable bonds is 2. The van der Waals surface area contributed by atoms with Crippen molar-refractivity contribution in [3.05, 3.63) is 35.4 Å². The highest BCUT2D eigenvalue weighted by Gasteiger charge is 2.35. The van der Waals surface area contributed by atoms with Crippen molar-refractivity contribution in [3.63, 3.8) is 0 Å². The van der Waals surface area contributed by atoms with Crippen molar-refractivity contribution in [3.8, 4) is 0 Å². The van der Waals surface area contributed by atoms with Crippen LogP contribution in [0.25, 0.3) is 0 Å². The molecule has 110 valence electrons. The molecule has 1 aromatic rings. The fourth-order valence-electron chi connectivity index (χ4n) is 2.41. The van der Waals surface area contributed by atoms with Gasteiger partial charge in [0.1, 0.15) is 0 Å². The number of carbonyl (C=O) groups is 1. The van der Waals surface area contributed by atoms with Crippen molar-refractivity contribution in [2.45, 2.75) is 44.0 Å². The summed E-state index contributed by atoms with van der Waals surface area (Å²) in [6.45, 7) is 0. The summed E-state index contributed by atoms with van der Waals surface area (Å²) in [5.41, 5.74) is -1.28. The molecule has 1 aliphatic carbocycles. The van der Waals surface area contributed by atoms with Crippen molar-refractivity contribution in [1.82, 2.24) is 5.32 Å². The number of carbonyl (C=O) groups excluding carboxylic acids is 1. The maximum Gasteiger partial charge on any atom is 0.417 e. The number of aliphatic hydroxyl groups excluding tert-OH is 1. The predicted octanol–water partition coefficient (Wildman–Crippen LogP) is 2.74. The van der Waals surface area contributed by atoms with E-state index in [0.29, 0.717) is 25.7 Å². The van der Waals surface area contributed by atoms with Gasteiger partial charge in [-0.05, 0) is 37.8 Å². The maximum absolute atomic E-state index is 12.8. The fourth-order valence-corrected chi connectivity index (χ4v) is 2.41. The molecule has 0 atom stereocenters. The molecule has 3 nitrogen and oxygen atoms in total. The van der Waals surface area contributed by atoms with Gasteiger partial charge >= 0.3 is 6.18 Å². The quantitative estimate of drug-likeness (QED) is 0.878. The standard InChI is InChI=1S/C14H16F3NO2/c15-14(16,17)12-4-2-1-3-11(12)13(20)18-9-5-7-10(19)8-6-9/h1-4,9-10,19H,5-8H2,(H,18,20). The largest absolute Gasteiger partial charge is 0.417 e. The van der Waals surface area contributed by atoms with E-state index in [9.17, 15) is 23.1 Å². The Labute approximate surface area is 114 Å². The monoisotopic (exact) mass is 287 g/mol. The molecule has 1 fully saturated rings. The van der Waals surface area contributed by atoms with Gasteiger partial charge in [-0.15, -0.1) is 0 Å². The minimum absolute atomic E-state index is 0.174. The second kappa shape index (κ2) is 5.83. The van der Waals surface area contributed by atoms with Crippen molar-refractivity contribution < 1.29 is 23.1 Å². The highest BCUT2D eigenvalue weighted by Crippen LogP contribution is 2.32. The van der Waals surface area contributed by atoms with E-state index in [4.69, 9.17) is 0 Å². The molecule has 2 N–H and O–H groups in total. The molecule has 6 heteroatoms. The zero-order valence-electron chi connectivity index (χ0n) is 10.8. The zero-order chi connectivity index (χ0) is 14.8. The molecular weight excluding hydrogens is 271 g/mol. The molecule has 1 aromatic carbocycles. The van der Waals surface area contributed by atoms with E-state index in [1.165, 1.54) is 18.2 Å². The van der Waals surface area contributed by atoms with Gasteiger partial charge in [-0.3, -0.25) is 4.79 Å². The minimum atomic E-state index is -4.54. The fraction of sp³-hybridized carbons (Fsp3) is 0.500. The lowest BCUT2D eigenvalue weighted by molar-refractivity contribution is -0.137. The second-order valence-corrected chi connectivity index (χ2v) is 5.02. The normalized spacial score (nSPS) is 23.4. The summed E-state index contributed by atoms with van der Waals surface area (Å²) in [6.07, 6.45) is -2.62. The number of hydrogen-bond donors (Lipinski definition) is 2. The number of nitrogens with one attached hydrogen (secondary N) is 1. The van der Waals surface area contributed by atoms with E-state index in [1.807, 2.05) is 0 Å². The number of hydrogen-bond acceptors (Lipinski definition) is 2. The molecule has 0 aromatic heterocycles. The smallest absolute Gasteiger partial charge is 0.393 e. The summed E-state index contributed by atoms with van der Waals surface area (Å²) in [5, 5.41) is 12.0. The van der Waals surface area contributed by atoms with Crippen LogP contribution in [0.3, 0.4) is 0 Å². The Kier molecular flexibility index (Phi) is 4.32. The number of alkyl halides is 3. The van der Waals surface area contributed by atoms with Crippen molar-refractivity contribution >= 4 is 5.91 Å². The third kappa shape index (κ3) is 3.50. The predicted molar refractivity (Wildman–Crippen MR) is 67.2 cm³/mol. The molecule has 0 unspecified atom stereocenters. The van der Waals surface area contributed by atoms with Crippen LogP contribution in [0.4, 0.5) is 13.2 Å².